The van der Waals surface area contributed by atoms with Gasteiger partial charge in [-0.2, -0.15) is 0 Å². The van der Waals surface area contributed by atoms with Crippen LogP contribution in [0.5, 0.6) is 0 Å². The Morgan fingerprint density at radius 1 is 0.560 bits per heavy atom. The lowest BCUT2D eigenvalue weighted by atomic mass is 9.77. The molecule has 0 aliphatic heterocycles. The number of halogens is 1. The van der Waals surface area contributed by atoms with Crippen molar-refractivity contribution >= 4 is 11.6 Å². The summed E-state index contributed by atoms with van der Waals surface area (Å²) in [5.74, 6) is 0.740. The largest absolute Gasteiger partial charge is 0.344 e. The Labute approximate surface area is 165 Å². The quantitative estimate of drug-likeness (QED) is 0.188. The highest BCUT2D eigenvalue weighted by Crippen LogP contribution is 2.42. The zero-order valence-corrected chi connectivity index (χ0v) is 18.9. The monoisotopic (exact) mass is 375 g/mol. The maximum absolute atomic E-state index is 7.35. The van der Waals surface area contributed by atoms with Crippen molar-refractivity contribution in [3.8, 4) is 0 Å². The lowest BCUT2D eigenvalue weighted by Crippen LogP contribution is -2.32. The highest BCUT2D eigenvalue weighted by molar-refractivity contribution is 6.24. The van der Waals surface area contributed by atoms with E-state index in [1.54, 1.807) is 0 Å². The summed E-state index contributed by atoms with van der Waals surface area (Å²) >= 11 is 7.35. The van der Waals surface area contributed by atoms with Gasteiger partial charge in [0.05, 0.1) is 0 Å². The van der Waals surface area contributed by atoms with E-state index in [-0.39, 0.29) is 11.0 Å². The molecule has 0 aromatic rings. The van der Waals surface area contributed by atoms with E-state index in [0.29, 0.717) is 0 Å². The van der Waals surface area contributed by atoms with Crippen molar-refractivity contribution in [2.75, 3.05) is 0 Å². The first-order chi connectivity index (χ1) is 11.6. The van der Waals surface area contributed by atoms with Crippen molar-refractivity contribution in [1.82, 2.24) is 6.15 Å². The van der Waals surface area contributed by atoms with Crippen LogP contribution >= 0.6 is 11.6 Å². The van der Waals surface area contributed by atoms with Gasteiger partial charge in [-0.3, -0.25) is 0 Å². The van der Waals surface area contributed by atoms with Crippen LogP contribution in [0.2, 0.25) is 0 Å². The number of alkyl halides is 1. The highest BCUT2D eigenvalue weighted by Gasteiger charge is 2.34. The summed E-state index contributed by atoms with van der Waals surface area (Å²) in [6.45, 7) is 9.24. The molecule has 25 heavy (non-hydrogen) atoms. The van der Waals surface area contributed by atoms with Crippen molar-refractivity contribution in [2.45, 2.75) is 142 Å². The molecule has 0 saturated heterocycles. The summed E-state index contributed by atoms with van der Waals surface area (Å²) in [7, 11) is 0. The van der Waals surface area contributed by atoms with Crippen LogP contribution in [0.1, 0.15) is 137 Å². The Balaban J connectivity index is 0. The molecule has 154 valence electrons. The fraction of sp³-hybridized carbons (Fsp3) is 1.00. The summed E-state index contributed by atoms with van der Waals surface area (Å²) in [6.07, 6.45) is 22.8. The number of unbranched alkanes of at least 4 members (excludes halogenated alkanes) is 9. The summed E-state index contributed by atoms with van der Waals surface area (Å²) in [6, 6.07) is 0. The molecule has 0 spiro atoms. The van der Waals surface area contributed by atoms with Gasteiger partial charge in [-0.05, 0) is 31.6 Å². The van der Waals surface area contributed by atoms with E-state index >= 15 is 0 Å². The second kappa shape index (κ2) is 19.0. The zero-order chi connectivity index (χ0) is 18.1. The first-order valence-corrected chi connectivity index (χ1v) is 11.7. The van der Waals surface area contributed by atoms with Crippen LogP contribution in [0, 0.1) is 5.92 Å². The first kappa shape index (κ1) is 27.5. The van der Waals surface area contributed by atoms with Gasteiger partial charge in [0.25, 0.3) is 0 Å². The van der Waals surface area contributed by atoms with Crippen molar-refractivity contribution in [3.05, 3.63) is 0 Å². The van der Waals surface area contributed by atoms with Gasteiger partial charge >= 0.3 is 0 Å². The molecule has 0 fully saturated rings. The Kier molecular flexibility index (Phi) is 20.9. The van der Waals surface area contributed by atoms with Gasteiger partial charge in [0.15, 0.2) is 0 Å². The van der Waals surface area contributed by atoms with Gasteiger partial charge in [0.2, 0.25) is 0 Å². The van der Waals surface area contributed by atoms with Gasteiger partial charge in [0.1, 0.15) is 0 Å². The van der Waals surface area contributed by atoms with E-state index in [9.17, 15) is 0 Å². The van der Waals surface area contributed by atoms with Crippen LogP contribution in [0.4, 0.5) is 0 Å². The maximum Gasteiger partial charge on any atom is 0.0475 e. The van der Waals surface area contributed by atoms with E-state index < -0.39 is 0 Å². The van der Waals surface area contributed by atoms with Gasteiger partial charge in [-0.1, -0.05) is 111 Å². The van der Waals surface area contributed by atoms with Gasteiger partial charge < -0.3 is 6.15 Å². The van der Waals surface area contributed by atoms with Crippen LogP contribution in [0.3, 0.4) is 0 Å². The van der Waals surface area contributed by atoms with E-state index in [2.05, 4.69) is 27.7 Å². The third kappa shape index (κ3) is 14.0. The fourth-order valence-corrected chi connectivity index (χ4v) is 4.54. The summed E-state index contributed by atoms with van der Waals surface area (Å²) in [5.41, 5.74) is 0. The minimum absolute atomic E-state index is 0. The smallest absolute Gasteiger partial charge is 0.0475 e. The predicted octanol–water partition coefficient (Wildman–Crippen LogP) is 9.45. The average Bonchev–Trinajstić information content (AvgIpc) is 2.58. The van der Waals surface area contributed by atoms with Crippen molar-refractivity contribution in [1.29, 1.82) is 0 Å². The van der Waals surface area contributed by atoms with E-state index in [1.807, 2.05) is 0 Å². The number of rotatable bonds is 18. The minimum Gasteiger partial charge on any atom is -0.344 e. The molecule has 0 bridgehead atoms. The van der Waals surface area contributed by atoms with E-state index in [0.717, 1.165) is 5.92 Å². The molecule has 2 heteroatoms. The maximum atomic E-state index is 7.35. The van der Waals surface area contributed by atoms with E-state index in [4.69, 9.17) is 11.6 Å². The second-order valence-electron chi connectivity index (χ2n) is 7.99. The molecule has 0 aliphatic rings. The van der Waals surface area contributed by atoms with Gasteiger partial charge in [0, 0.05) is 4.87 Å². The fourth-order valence-electron chi connectivity index (χ4n) is 4.05. The molecule has 0 radical (unpaired) electrons. The average molecular weight is 376 g/mol. The highest BCUT2D eigenvalue weighted by atomic mass is 35.5. The predicted molar refractivity (Wildman–Crippen MR) is 118 cm³/mol. The second-order valence-corrected chi connectivity index (χ2v) is 8.74. The molecule has 0 aliphatic carbocycles. The molecule has 0 aromatic heterocycles. The van der Waals surface area contributed by atoms with Crippen LogP contribution in [-0.2, 0) is 0 Å². The topological polar surface area (TPSA) is 35.0 Å². The molecule has 0 amide bonds. The van der Waals surface area contributed by atoms with Gasteiger partial charge in [-0.15, -0.1) is 11.6 Å². The lowest BCUT2D eigenvalue weighted by Gasteiger charge is -2.36. The third-order valence-electron chi connectivity index (χ3n) is 5.67. The lowest BCUT2D eigenvalue weighted by molar-refractivity contribution is 0.269. The SMILES string of the molecule is CCCCCCC(CCC)C(Cl)(CCCCCC)CCCCCC.N. The normalized spacial score (nSPS) is 12.8. The van der Waals surface area contributed by atoms with Crippen LogP contribution in [-0.4, -0.2) is 4.87 Å². The minimum atomic E-state index is 0. The molecule has 0 heterocycles. The van der Waals surface area contributed by atoms with Crippen molar-refractivity contribution in [3.63, 3.8) is 0 Å². The molecular weight excluding hydrogens is 326 g/mol. The van der Waals surface area contributed by atoms with Crippen LogP contribution < -0.4 is 6.15 Å². The summed E-state index contributed by atoms with van der Waals surface area (Å²) < 4.78 is 0. The van der Waals surface area contributed by atoms with Crippen LogP contribution in [0.25, 0.3) is 0 Å². The Hall–Kier alpha value is 0.250. The molecular formula is C23H50ClN. The number of hydrogen-bond donors (Lipinski definition) is 1. The zero-order valence-electron chi connectivity index (χ0n) is 18.2. The summed E-state index contributed by atoms with van der Waals surface area (Å²) in [5, 5.41) is 0. The third-order valence-corrected chi connectivity index (χ3v) is 6.35. The standard InChI is InChI=1S/C23H47Cl.H3N/c1-5-9-12-15-19-22(18-8-4)23(24,20-16-13-10-6-2)21-17-14-11-7-3;/h22H,5-21H2,1-4H3;1H3. The molecule has 3 N–H and O–H groups in total. The molecule has 0 rings (SSSR count). The Morgan fingerprint density at radius 2 is 1.00 bits per heavy atom. The van der Waals surface area contributed by atoms with Crippen LogP contribution in [0.15, 0.2) is 0 Å². The van der Waals surface area contributed by atoms with Crippen molar-refractivity contribution < 1.29 is 0 Å². The van der Waals surface area contributed by atoms with Gasteiger partial charge in [-0.25, -0.2) is 0 Å². The molecule has 1 atom stereocenters. The molecule has 1 nitrogen and oxygen atoms in total. The van der Waals surface area contributed by atoms with Crippen molar-refractivity contribution in [2.24, 2.45) is 5.92 Å². The molecule has 1 unspecified atom stereocenters. The molecule has 0 aromatic carbocycles. The summed E-state index contributed by atoms with van der Waals surface area (Å²) in [4.78, 5) is 0.0870. The van der Waals surface area contributed by atoms with E-state index in [1.165, 1.54) is 109 Å². The first-order valence-electron chi connectivity index (χ1n) is 11.3. The molecule has 0 saturated carbocycles. The Morgan fingerprint density at radius 3 is 1.40 bits per heavy atom. The Bertz CT molecular complexity index is 242. The number of hydrogen-bond acceptors (Lipinski definition) is 1.